The number of hydrogen-bond donors (Lipinski definition) is 2. The number of carboxylic acids is 1. The van der Waals surface area contributed by atoms with Crippen LogP contribution in [0.2, 0.25) is 0 Å². The van der Waals surface area contributed by atoms with Crippen LogP contribution in [0.3, 0.4) is 0 Å². The second kappa shape index (κ2) is 9.27. The summed E-state index contributed by atoms with van der Waals surface area (Å²) < 4.78 is 6.35. The number of ether oxygens (including phenoxy) is 1. The first-order valence-electron chi connectivity index (χ1n) is 11.2. The Morgan fingerprint density at radius 3 is 2.32 bits per heavy atom. The lowest BCUT2D eigenvalue weighted by atomic mass is 9.88. The van der Waals surface area contributed by atoms with Crippen molar-refractivity contribution < 1.29 is 19.4 Å². The van der Waals surface area contributed by atoms with Crippen LogP contribution < -0.4 is 10.1 Å². The van der Waals surface area contributed by atoms with Crippen LogP contribution in [0.25, 0.3) is 21.3 Å². The predicted octanol–water partition coefficient (Wildman–Crippen LogP) is 6.40. The minimum absolute atomic E-state index is 0.0653. The van der Waals surface area contributed by atoms with Crippen LogP contribution in [0.5, 0.6) is 5.75 Å². The first-order chi connectivity index (χ1) is 16.5. The number of carboxylic acid groups (broad SMARTS) is 1. The maximum Gasteiger partial charge on any atom is 0.307 e. The molecule has 1 saturated carbocycles. The van der Waals surface area contributed by atoms with E-state index in [4.69, 9.17) is 4.74 Å². The zero-order valence-corrected chi connectivity index (χ0v) is 19.5. The number of hydrogen-bond acceptors (Lipinski definition) is 6. The van der Waals surface area contributed by atoms with E-state index in [-0.39, 0.29) is 5.78 Å². The molecule has 1 aliphatic rings. The number of aliphatic carboxylic acids is 1. The number of nitrogens with zero attached hydrogens (tertiary/aromatic N) is 1. The number of nitrogens with one attached hydrogen (secondary N) is 1. The quantitative estimate of drug-likeness (QED) is 0.303. The molecule has 0 spiro atoms. The van der Waals surface area contributed by atoms with Gasteiger partial charge >= 0.3 is 5.97 Å². The van der Waals surface area contributed by atoms with Crippen molar-refractivity contribution in [2.24, 2.45) is 11.8 Å². The number of methoxy groups -OCH3 is 1. The molecule has 2 N–H and O–H groups in total. The van der Waals surface area contributed by atoms with Gasteiger partial charge in [0.25, 0.3) is 0 Å². The van der Waals surface area contributed by atoms with Crippen LogP contribution in [0.1, 0.15) is 29.6 Å². The summed E-state index contributed by atoms with van der Waals surface area (Å²) in [7, 11) is 1.64. The smallest absolute Gasteiger partial charge is 0.307 e. The number of Topliss-reactive ketones (excluding diaryl/α,β-unsaturated/α-hetero) is 1. The lowest BCUT2D eigenvalue weighted by Gasteiger charge is -2.14. The molecule has 1 heterocycles. The van der Waals surface area contributed by atoms with E-state index in [9.17, 15) is 14.7 Å². The molecule has 34 heavy (non-hydrogen) atoms. The van der Waals surface area contributed by atoms with E-state index in [0.717, 1.165) is 44.3 Å². The van der Waals surface area contributed by atoms with Crippen LogP contribution >= 0.6 is 11.3 Å². The molecule has 6 nitrogen and oxygen atoms in total. The number of anilines is 2. The summed E-state index contributed by atoms with van der Waals surface area (Å²) in [5.74, 6) is -1.13. The van der Waals surface area contributed by atoms with E-state index in [1.165, 1.54) is 0 Å². The largest absolute Gasteiger partial charge is 0.497 e. The van der Waals surface area contributed by atoms with Crippen LogP contribution in [-0.4, -0.2) is 29.0 Å². The number of rotatable bonds is 7. The summed E-state index contributed by atoms with van der Waals surface area (Å²) in [4.78, 5) is 28.9. The van der Waals surface area contributed by atoms with E-state index in [1.54, 1.807) is 30.6 Å². The molecule has 1 fully saturated rings. The van der Waals surface area contributed by atoms with Crippen molar-refractivity contribution in [3.8, 4) is 16.9 Å². The van der Waals surface area contributed by atoms with Gasteiger partial charge in [-0.15, -0.1) is 0 Å². The molecule has 0 unspecified atom stereocenters. The molecule has 0 saturated heterocycles. The Labute approximate surface area is 201 Å². The second-order valence-electron chi connectivity index (χ2n) is 8.48. The molecule has 5 rings (SSSR count). The standard InChI is InChI=1S/C27H24N2O4S/c1-33-20-13-14-24-23(15-20)29-27(34-24)28-19-11-9-17(10-12-19)16-5-7-18(8-6-16)25(30)21-3-2-4-22(21)26(31)32/h5-15,21-22H,2-4H2,1H3,(H,28,29)(H,31,32)/t21-,22-/m1/s1. The number of aromatic nitrogens is 1. The zero-order chi connectivity index (χ0) is 23.7. The zero-order valence-electron chi connectivity index (χ0n) is 18.7. The third-order valence-electron chi connectivity index (χ3n) is 6.40. The molecule has 0 bridgehead atoms. The van der Waals surface area contributed by atoms with Gasteiger partial charge in [0.05, 0.1) is 23.2 Å². The van der Waals surface area contributed by atoms with E-state index >= 15 is 0 Å². The van der Waals surface area contributed by atoms with Crippen molar-refractivity contribution in [2.45, 2.75) is 19.3 Å². The van der Waals surface area contributed by atoms with Gasteiger partial charge in [-0.25, -0.2) is 4.98 Å². The van der Waals surface area contributed by atoms with E-state index in [0.29, 0.717) is 18.4 Å². The average molecular weight is 473 g/mol. The summed E-state index contributed by atoms with van der Waals surface area (Å²) in [6.07, 6.45) is 2.01. The van der Waals surface area contributed by atoms with Gasteiger partial charge in [0.1, 0.15) is 5.75 Å². The first-order valence-corrected chi connectivity index (χ1v) is 12.0. The predicted molar refractivity (Wildman–Crippen MR) is 134 cm³/mol. The fraction of sp³-hybridized carbons (Fsp3) is 0.222. The summed E-state index contributed by atoms with van der Waals surface area (Å²) in [6, 6.07) is 21.3. The van der Waals surface area contributed by atoms with Crippen molar-refractivity contribution in [3.63, 3.8) is 0 Å². The van der Waals surface area contributed by atoms with Gasteiger partial charge in [-0.3, -0.25) is 9.59 Å². The number of fused-ring (bicyclic) bond motifs is 1. The molecule has 2 atom stereocenters. The normalized spacial score (nSPS) is 17.6. The molecular weight excluding hydrogens is 448 g/mol. The molecule has 0 radical (unpaired) electrons. The maximum atomic E-state index is 12.8. The van der Waals surface area contributed by atoms with Crippen LogP contribution in [0, 0.1) is 11.8 Å². The van der Waals surface area contributed by atoms with Crippen LogP contribution in [-0.2, 0) is 4.79 Å². The van der Waals surface area contributed by atoms with Crippen molar-refractivity contribution >= 4 is 44.1 Å². The second-order valence-corrected chi connectivity index (χ2v) is 9.51. The van der Waals surface area contributed by atoms with Gasteiger partial charge in [0.15, 0.2) is 10.9 Å². The Hall–Kier alpha value is -3.71. The van der Waals surface area contributed by atoms with Crippen molar-refractivity contribution in [2.75, 3.05) is 12.4 Å². The highest BCUT2D eigenvalue weighted by molar-refractivity contribution is 7.22. The number of thiazole rings is 1. The number of carbonyl (C=O) groups excluding carboxylic acids is 1. The SMILES string of the molecule is COc1ccc2sc(Nc3ccc(-c4ccc(C(=O)[C@@H]5CCC[C@H]5C(=O)O)cc4)cc3)nc2c1. The molecule has 4 aromatic rings. The lowest BCUT2D eigenvalue weighted by Crippen LogP contribution is -2.25. The topological polar surface area (TPSA) is 88.5 Å². The molecule has 172 valence electrons. The van der Waals surface area contributed by atoms with Crippen molar-refractivity contribution in [3.05, 3.63) is 72.3 Å². The summed E-state index contributed by atoms with van der Waals surface area (Å²) >= 11 is 1.58. The number of benzene rings is 3. The monoisotopic (exact) mass is 472 g/mol. The Balaban J connectivity index is 1.28. The fourth-order valence-corrected chi connectivity index (χ4v) is 5.43. The molecule has 0 aliphatic heterocycles. The van der Waals surface area contributed by atoms with Gasteiger partial charge in [0.2, 0.25) is 0 Å². The fourth-order valence-electron chi connectivity index (χ4n) is 4.57. The number of carbonyl (C=O) groups is 2. The molecule has 0 amide bonds. The minimum atomic E-state index is -0.869. The third-order valence-corrected chi connectivity index (χ3v) is 7.36. The molecular formula is C27H24N2O4S. The average Bonchev–Trinajstić information content (AvgIpc) is 3.51. The van der Waals surface area contributed by atoms with E-state index < -0.39 is 17.8 Å². The molecule has 7 heteroatoms. The summed E-state index contributed by atoms with van der Waals surface area (Å²) in [5.41, 5.74) is 4.43. The van der Waals surface area contributed by atoms with Crippen molar-refractivity contribution in [1.82, 2.24) is 4.98 Å². The molecule has 3 aromatic carbocycles. The first kappa shape index (κ1) is 22.1. The highest BCUT2D eigenvalue weighted by Gasteiger charge is 2.37. The van der Waals surface area contributed by atoms with Gasteiger partial charge in [0, 0.05) is 23.2 Å². The summed E-state index contributed by atoms with van der Waals surface area (Å²) in [6.45, 7) is 0. The van der Waals surface area contributed by atoms with Gasteiger partial charge in [-0.05, 0) is 48.2 Å². The van der Waals surface area contributed by atoms with Crippen molar-refractivity contribution in [1.29, 1.82) is 0 Å². The van der Waals surface area contributed by atoms with Gasteiger partial charge in [-0.2, -0.15) is 0 Å². The molecule has 1 aromatic heterocycles. The van der Waals surface area contributed by atoms with Gasteiger partial charge < -0.3 is 15.2 Å². The highest BCUT2D eigenvalue weighted by atomic mass is 32.1. The Morgan fingerprint density at radius 1 is 0.971 bits per heavy atom. The van der Waals surface area contributed by atoms with E-state index in [2.05, 4.69) is 10.3 Å². The minimum Gasteiger partial charge on any atom is -0.497 e. The Morgan fingerprint density at radius 2 is 1.65 bits per heavy atom. The Kier molecular flexibility index (Phi) is 6.02. The lowest BCUT2D eigenvalue weighted by molar-refractivity contribution is -0.142. The van der Waals surface area contributed by atoms with Crippen LogP contribution in [0.4, 0.5) is 10.8 Å². The third kappa shape index (κ3) is 4.39. The highest BCUT2D eigenvalue weighted by Crippen LogP contribution is 2.35. The van der Waals surface area contributed by atoms with E-state index in [1.807, 2.05) is 54.6 Å². The van der Waals surface area contributed by atoms with Crippen LogP contribution in [0.15, 0.2) is 66.7 Å². The molecule has 1 aliphatic carbocycles. The Bertz CT molecular complexity index is 1350. The summed E-state index contributed by atoms with van der Waals surface area (Å²) in [5, 5.41) is 13.5. The van der Waals surface area contributed by atoms with Gasteiger partial charge in [-0.1, -0.05) is 54.2 Å². The maximum absolute atomic E-state index is 12.8. The number of ketones is 1.